The van der Waals surface area contributed by atoms with E-state index in [4.69, 9.17) is 4.74 Å². The number of benzene rings is 1. The summed E-state index contributed by atoms with van der Waals surface area (Å²) in [7, 11) is 1.66. The monoisotopic (exact) mass is 311 g/mol. The number of ether oxygens (including phenoxy) is 1. The number of rotatable bonds is 7. The second-order valence-corrected chi connectivity index (χ2v) is 6.08. The highest BCUT2D eigenvalue weighted by Gasteiger charge is 2.03. The number of unbranched alkanes of at least 4 members (excludes halogenated alkanes) is 2. The van der Waals surface area contributed by atoms with E-state index in [9.17, 15) is 0 Å². The lowest BCUT2D eigenvalue weighted by Gasteiger charge is -2.05. The topological polar surface area (TPSA) is 35.0 Å². The molecule has 1 aromatic carbocycles. The minimum atomic E-state index is 0.724. The van der Waals surface area contributed by atoms with Gasteiger partial charge in [-0.1, -0.05) is 24.3 Å². The fourth-order valence-electron chi connectivity index (χ4n) is 2.50. The molecule has 22 heavy (non-hydrogen) atoms. The van der Waals surface area contributed by atoms with E-state index in [-0.39, 0.29) is 0 Å². The lowest BCUT2D eigenvalue weighted by Crippen LogP contribution is -1.92. The van der Waals surface area contributed by atoms with Gasteiger partial charge in [-0.3, -0.25) is 4.98 Å². The van der Waals surface area contributed by atoms with Crippen LogP contribution in [0.1, 0.15) is 23.4 Å². The summed E-state index contributed by atoms with van der Waals surface area (Å²) >= 11 is 1.66. The van der Waals surface area contributed by atoms with Crippen LogP contribution < -0.4 is 4.74 Å². The van der Waals surface area contributed by atoms with Gasteiger partial charge in [0, 0.05) is 11.6 Å². The molecule has 4 heteroatoms. The predicted octanol–water partition coefficient (Wildman–Crippen LogP) is 4.47. The van der Waals surface area contributed by atoms with Crippen molar-refractivity contribution in [1.29, 1.82) is 0 Å². The number of fused-ring (bicyclic) bond motifs is 1. The smallest absolute Gasteiger partial charge is 0.224 e. The Labute approximate surface area is 135 Å². The lowest BCUT2D eigenvalue weighted by atomic mass is 10.0. The summed E-state index contributed by atoms with van der Waals surface area (Å²) < 4.78 is 5.10. The second-order valence-electron chi connectivity index (χ2n) is 5.14. The highest BCUT2D eigenvalue weighted by Crippen LogP contribution is 2.20. The Balaban J connectivity index is 1.48. The van der Waals surface area contributed by atoms with Crippen molar-refractivity contribution in [2.75, 3.05) is 7.11 Å². The van der Waals surface area contributed by atoms with Gasteiger partial charge in [0.05, 0.1) is 23.0 Å². The SMILES string of the molecule is COc1csc(CC[CH]CCc2cccc3cccnc23)n1. The molecule has 0 spiro atoms. The van der Waals surface area contributed by atoms with Gasteiger partial charge in [0.15, 0.2) is 0 Å². The van der Waals surface area contributed by atoms with E-state index in [0.717, 1.165) is 42.1 Å². The van der Waals surface area contributed by atoms with Gasteiger partial charge in [-0.2, -0.15) is 0 Å². The Morgan fingerprint density at radius 3 is 2.86 bits per heavy atom. The van der Waals surface area contributed by atoms with E-state index in [2.05, 4.69) is 40.7 Å². The predicted molar refractivity (Wildman–Crippen MR) is 91.4 cm³/mol. The minimum Gasteiger partial charge on any atom is -0.480 e. The molecule has 1 radical (unpaired) electrons. The van der Waals surface area contributed by atoms with Gasteiger partial charge >= 0.3 is 0 Å². The van der Waals surface area contributed by atoms with Crippen molar-refractivity contribution < 1.29 is 4.74 Å². The normalized spacial score (nSPS) is 11.0. The number of para-hydroxylation sites is 1. The number of nitrogens with zero attached hydrogens (tertiary/aromatic N) is 2. The Morgan fingerprint density at radius 2 is 2.00 bits per heavy atom. The van der Waals surface area contributed by atoms with Gasteiger partial charge in [-0.05, 0) is 43.7 Å². The molecule has 0 saturated carbocycles. The molecule has 0 unspecified atom stereocenters. The molecular formula is C18H19N2OS. The van der Waals surface area contributed by atoms with E-state index in [1.54, 1.807) is 18.4 Å². The molecular weight excluding hydrogens is 292 g/mol. The second kappa shape index (κ2) is 7.36. The van der Waals surface area contributed by atoms with Crippen molar-refractivity contribution in [2.24, 2.45) is 0 Å². The van der Waals surface area contributed by atoms with E-state index in [1.165, 1.54) is 10.9 Å². The van der Waals surface area contributed by atoms with Crippen molar-refractivity contribution in [3.8, 4) is 5.88 Å². The van der Waals surface area contributed by atoms with E-state index in [1.807, 2.05) is 17.6 Å². The Hall–Kier alpha value is -1.94. The van der Waals surface area contributed by atoms with Crippen LogP contribution in [0.25, 0.3) is 10.9 Å². The van der Waals surface area contributed by atoms with Crippen LogP contribution in [-0.4, -0.2) is 17.1 Å². The zero-order valence-electron chi connectivity index (χ0n) is 12.7. The molecule has 0 fully saturated rings. The van der Waals surface area contributed by atoms with Crippen molar-refractivity contribution in [2.45, 2.75) is 25.7 Å². The lowest BCUT2D eigenvalue weighted by molar-refractivity contribution is 0.399. The van der Waals surface area contributed by atoms with Gasteiger partial charge in [-0.15, -0.1) is 11.3 Å². The fourth-order valence-corrected chi connectivity index (χ4v) is 3.26. The third-order valence-corrected chi connectivity index (χ3v) is 4.52. The maximum atomic E-state index is 5.10. The van der Waals surface area contributed by atoms with Crippen LogP contribution in [0.5, 0.6) is 5.88 Å². The van der Waals surface area contributed by atoms with Crippen molar-refractivity contribution >= 4 is 22.2 Å². The van der Waals surface area contributed by atoms with E-state index < -0.39 is 0 Å². The average Bonchev–Trinajstić information content (AvgIpc) is 3.03. The molecule has 2 aromatic heterocycles. The number of hydrogen-bond donors (Lipinski definition) is 0. The molecule has 0 saturated heterocycles. The number of methoxy groups -OCH3 is 1. The van der Waals surface area contributed by atoms with Crippen LogP contribution in [0.3, 0.4) is 0 Å². The number of hydrogen-bond acceptors (Lipinski definition) is 4. The van der Waals surface area contributed by atoms with Crippen molar-refractivity contribution in [3.63, 3.8) is 0 Å². The molecule has 0 aliphatic heterocycles. The summed E-state index contributed by atoms with van der Waals surface area (Å²) in [5.74, 6) is 0.724. The minimum absolute atomic E-state index is 0.724. The van der Waals surface area contributed by atoms with E-state index >= 15 is 0 Å². The molecule has 0 aliphatic rings. The van der Waals surface area contributed by atoms with E-state index in [0.29, 0.717) is 0 Å². The standard InChI is InChI=1S/C18H19N2OS/c1-21-16-13-22-17(20-16)11-4-2-3-7-14-8-5-9-15-10-6-12-19-18(14)15/h2,5-6,8-10,12-13H,3-4,7,11H2,1H3. The Kier molecular flexibility index (Phi) is 5.01. The molecule has 0 atom stereocenters. The number of pyridine rings is 1. The molecule has 3 rings (SSSR count). The maximum Gasteiger partial charge on any atom is 0.224 e. The van der Waals surface area contributed by atoms with Gasteiger partial charge in [0.2, 0.25) is 5.88 Å². The maximum absolute atomic E-state index is 5.10. The third kappa shape index (κ3) is 3.63. The first-order valence-corrected chi connectivity index (χ1v) is 8.37. The summed E-state index contributed by atoms with van der Waals surface area (Å²) in [6.07, 6.45) is 8.35. The zero-order valence-corrected chi connectivity index (χ0v) is 13.5. The molecule has 3 aromatic rings. The fraction of sp³-hybridized carbons (Fsp3) is 0.278. The van der Waals surface area contributed by atoms with Crippen molar-refractivity contribution in [1.82, 2.24) is 9.97 Å². The van der Waals surface area contributed by atoms with Gasteiger partial charge in [0.25, 0.3) is 0 Å². The Bertz CT molecular complexity index is 733. The first-order chi connectivity index (χ1) is 10.9. The highest BCUT2D eigenvalue weighted by molar-refractivity contribution is 7.09. The molecule has 0 bridgehead atoms. The van der Waals surface area contributed by atoms with Gasteiger partial charge in [-0.25, -0.2) is 4.98 Å². The zero-order chi connectivity index (χ0) is 15.2. The number of aromatic nitrogens is 2. The van der Waals surface area contributed by atoms with Crippen LogP contribution in [0.4, 0.5) is 0 Å². The average molecular weight is 311 g/mol. The molecule has 113 valence electrons. The number of aryl methyl sites for hydroxylation is 2. The van der Waals surface area contributed by atoms with Gasteiger partial charge < -0.3 is 4.74 Å². The largest absolute Gasteiger partial charge is 0.480 e. The number of thiazole rings is 1. The summed E-state index contributed by atoms with van der Waals surface area (Å²) in [4.78, 5) is 8.90. The van der Waals surface area contributed by atoms with Crippen molar-refractivity contribution in [3.05, 3.63) is 58.9 Å². The molecule has 0 aliphatic carbocycles. The summed E-state index contributed by atoms with van der Waals surface area (Å²) in [6.45, 7) is 0. The van der Waals surface area contributed by atoms with Crippen LogP contribution >= 0.6 is 11.3 Å². The third-order valence-electron chi connectivity index (χ3n) is 3.64. The highest BCUT2D eigenvalue weighted by atomic mass is 32.1. The molecule has 3 nitrogen and oxygen atoms in total. The molecule has 0 N–H and O–H groups in total. The summed E-state index contributed by atoms with van der Waals surface area (Å²) in [5.41, 5.74) is 2.45. The first-order valence-electron chi connectivity index (χ1n) is 7.49. The van der Waals surface area contributed by atoms with Crippen LogP contribution in [0.2, 0.25) is 0 Å². The van der Waals surface area contributed by atoms with Gasteiger partial charge in [0.1, 0.15) is 0 Å². The van der Waals surface area contributed by atoms with Crippen LogP contribution in [0.15, 0.2) is 41.9 Å². The Morgan fingerprint density at radius 1 is 1.14 bits per heavy atom. The van der Waals surface area contributed by atoms with Crippen LogP contribution in [-0.2, 0) is 12.8 Å². The first kappa shape index (κ1) is 15.0. The quantitative estimate of drug-likeness (QED) is 0.604. The summed E-state index contributed by atoms with van der Waals surface area (Å²) in [5, 5.41) is 4.31. The summed E-state index contributed by atoms with van der Waals surface area (Å²) in [6, 6.07) is 10.5. The molecule has 0 amide bonds. The molecule has 2 heterocycles. The van der Waals surface area contributed by atoms with Crippen LogP contribution in [0, 0.1) is 6.42 Å².